The van der Waals surface area contributed by atoms with Gasteiger partial charge in [-0.3, -0.25) is 4.98 Å². The minimum atomic E-state index is -0.409. The fourth-order valence-electron chi connectivity index (χ4n) is 2.77. The van der Waals surface area contributed by atoms with E-state index >= 15 is 0 Å². The van der Waals surface area contributed by atoms with E-state index in [2.05, 4.69) is 27.3 Å². The van der Waals surface area contributed by atoms with Gasteiger partial charge in [-0.15, -0.1) is 5.10 Å². The first-order chi connectivity index (χ1) is 12.7. The second-order valence-corrected chi connectivity index (χ2v) is 7.06. The van der Waals surface area contributed by atoms with Gasteiger partial charge in [0.1, 0.15) is 6.04 Å². The van der Waals surface area contributed by atoms with E-state index in [1.165, 1.54) is 0 Å². The number of anilines is 1. The van der Waals surface area contributed by atoms with Crippen molar-refractivity contribution in [2.24, 2.45) is 0 Å². The predicted molar refractivity (Wildman–Crippen MR) is 101 cm³/mol. The van der Waals surface area contributed by atoms with Crippen LogP contribution in [0.1, 0.15) is 45.2 Å². The monoisotopic (exact) mass is 373 g/mol. The molecular formula is C18H23N5O2S. The molecule has 8 heteroatoms. The van der Waals surface area contributed by atoms with Crippen molar-refractivity contribution in [3.05, 3.63) is 41.4 Å². The third-order valence-electron chi connectivity index (χ3n) is 3.93. The molecule has 0 bridgehead atoms. The van der Waals surface area contributed by atoms with E-state index < -0.39 is 6.04 Å². The molecule has 0 spiro atoms. The fraction of sp³-hybridized carbons (Fsp3) is 0.444. The van der Waals surface area contributed by atoms with Crippen LogP contribution in [0.2, 0.25) is 0 Å². The zero-order valence-electron chi connectivity index (χ0n) is 15.2. The Morgan fingerprint density at radius 2 is 2.23 bits per heavy atom. The molecule has 0 fully saturated rings. The van der Waals surface area contributed by atoms with Gasteiger partial charge < -0.3 is 10.1 Å². The number of hydrogen-bond donors (Lipinski definition) is 1. The van der Waals surface area contributed by atoms with Crippen molar-refractivity contribution in [2.75, 3.05) is 17.7 Å². The predicted octanol–water partition coefficient (Wildman–Crippen LogP) is 3.42. The van der Waals surface area contributed by atoms with Gasteiger partial charge in [0.2, 0.25) is 11.1 Å². The van der Waals surface area contributed by atoms with Crippen LogP contribution in [0, 0.1) is 0 Å². The standard InChI is InChI=1S/C18H23N5O2S/c1-4-9-25-16(24)14-12(3)20-17-21-18(26-10-5-2)22-23(17)15(14)13-7-6-8-19-11-13/h6-8,11,15H,4-5,9-10H2,1-3H3,(H,20,21,22). The molecule has 2 aromatic rings. The number of allylic oxidation sites excluding steroid dienone is 1. The molecule has 26 heavy (non-hydrogen) atoms. The van der Waals surface area contributed by atoms with Crippen LogP contribution in [0.15, 0.2) is 41.0 Å². The Labute approximate surface area is 157 Å². The summed E-state index contributed by atoms with van der Waals surface area (Å²) < 4.78 is 7.17. The smallest absolute Gasteiger partial charge is 0.338 e. The normalized spacial score (nSPS) is 16.2. The molecule has 138 valence electrons. The molecule has 1 atom stereocenters. The van der Waals surface area contributed by atoms with Crippen LogP contribution in [-0.2, 0) is 9.53 Å². The third kappa shape index (κ3) is 3.75. The molecule has 0 saturated heterocycles. The number of aromatic nitrogens is 4. The maximum Gasteiger partial charge on any atom is 0.338 e. The molecule has 1 aliphatic rings. The number of nitrogens with zero attached hydrogens (tertiary/aromatic N) is 4. The lowest BCUT2D eigenvalue weighted by Gasteiger charge is -2.27. The quantitative estimate of drug-likeness (QED) is 0.588. The Kier molecular flexibility index (Phi) is 5.92. The molecule has 3 heterocycles. The lowest BCUT2D eigenvalue weighted by atomic mass is 9.97. The number of rotatable bonds is 7. The Hall–Kier alpha value is -2.35. The highest BCUT2D eigenvalue weighted by Gasteiger charge is 2.35. The van der Waals surface area contributed by atoms with Crippen LogP contribution in [-0.4, -0.2) is 38.1 Å². The van der Waals surface area contributed by atoms with Gasteiger partial charge in [-0.05, 0) is 31.4 Å². The Morgan fingerprint density at radius 1 is 1.38 bits per heavy atom. The number of hydrogen-bond acceptors (Lipinski definition) is 7. The topological polar surface area (TPSA) is 81.9 Å². The van der Waals surface area contributed by atoms with E-state index in [1.54, 1.807) is 28.8 Å². The first-order valence-corrected chi connectivity index (χ1v) is 9.78. The summed E-state index contributed by atoms with van der Waals surface area (Å²) in [5.41, 5.74) is 2.14. The SMILES string of the molecule is CCCOC(=O)C1=C(C)Nc2nc(SCCC)nn2C1c1cccnc1. The summed E-state index contributed by atoms with van der Waals surface area (Å²) in [5.74, 6) is 1.23. The minimum Gasteiger partial charge on any atom is -0.462 e. The van der Waals surface area contributed by atoms with Crippen molar-refractivity contribution >= 4 is 23.7 Å². The summed E-state index contributed by atoms with van der Waals surface area (Å²) in [7, 11) is 0. The Balaban J connectivity index is 2.03. The Bertz CT molecular complexity index is 803. The van der Waals surface area contributed by atoms with Gasteiger partial charge in [-0.1, -0.05) is 31.7 Å². The molecule has 1 unspecified atom stereocenters. The molecule has 3 rings (SSSR count). The van der Waals surface area contributed by atoms with Crippen molar-refractivity contribution in [3.8, 4) is 0 Å². The summed E-state index contributed by atoms with van der Waals surface area (Å²) in [6.45, 7) is 6.34. The summed E-state index contributed by atoms with van der Waals surface area (Å²) in [5, 5.41) is 8.52. The first kappa shape index (κ1) is 18.4. The van der Waals surface area contributed by atoms with Crippen LogP contribution >= 0.6 is 11.8 Å². The van der Waals surface area contributed by atoms with Crippen molar-refractivity contribution in [1.29, 1.82) is 0 Å². The molecule has 0 amide bonds. The zero-order chi connectivity index (χ0) is 18.5. The van der Waals surface area contributed by atoms with E-state index in [0.29, 0.717) is 23.3 Å². The Morgan fingerprint density at radius 3 is 2.92 bits per heavy atom. The highest BCUT2D eigenvalue weighted by Crippen LogP contribution is 2.36. The average Bonchev–Trinajstić information content (AvgIpc) is 3.06. The number of fused-ring (bicyclic) bond motifs is 1. The molecule has 0 saturated carbocycles. The van der Waals surface area contributed by atoms with Gasteiger partial charge >= 0.3 is 5.97 Å². The summed E-state index contributed by atoms with van der Waals surface area (Å²) in [4.78, 5) is 21.5. The molecular weight excluding hydrogens is 350 g/mol. The number of nitrogens with one attached hydrogen (secondary N) is 1. The van der Waals surface area contributed by atoms with Gasteiger partial charge in [0.25, 0.3) is 0 Å². The van der Waals surface area contributed by atoms with Crippen molar-refractivity contribution < 1.29 is 9.53 Å². The number of thioether (sulfide) groups is 1. The number of carbonyl (C=O) groups excluding carboxylic acids is 1. The second-order valence-electron chi connectivity index (χ2n) is 6.00. The van der Waals surface area contributed by atoms with Crippen LogP contribution in [0.5, 0.6) is 0 Å². The van der Waals surface area contributed by atoms with Crippen LogP contribution in [0.4, 0.5) is 5.95 Å². The van der Waals surface area contributed by atoms with Gasteiger partial charge in [-0.25, -0.2) is 9.48 Å². The van der Waals surface area contributed by atoms with Crippen molar-refractivity contribution in [2.45, 2.75) is 44.8 Å². The number of esters is 1. The molecule has 7 nitrogen and oxygen atoms in total. The van der Waals surface area contributed by atoms with Crippen LogP contribution < -0.4 is 5.32 Å². The lowest BCUT2D eigenvalue weighted by molar-refractivity contribution is -0.139. The maximum absolute atomic E-state index is 12.7. The van der Waals surface area contributed by atoms with Gasteiger partial charge in [0, 0.05) is 23.8 Å². The fourth-order valence-corrected chi connectivity index (χ4v) is 3.45. The first-order valence-electron chi connectivity index (χ1n) is 8.79. The summed E-state index contributed by atoms with van der Waals surface area (Å²) >= 11 is 1.60. The van der Waals surface area contributed by atoms with Gasteiger partial charge in [0.05, 0.1) is 12.2 Å². The molecule has 0 aromatic carbocycles. The van der Waals surface area contributed by atoms with E-state index in [4.69, 9.17) is 4.74 Å². The number of carbonyl (C=O) groups is 1. The zero-order valence-corrected chi connectivity index (χ0v) is 16.0. The highest BCUT2D eigenvalue weighted by molar-refractivity contribution is 7.99. The molecule has 0 radical (unpaired) electrons. The number of ether oxygens (including phenoxy) is 1. The molecule has 1 aliphatic heterocycles. The van der Waals surface area contributed by atoms with E-state index in [0.717, 1.165) is 29.9 Å². The largest absolute Gasteiger partial charge is 0.462 e. The van der Waals surface area contributed by atoms with Crippen LogP contribution in [0.25, 0.3) is 0 Å². The second kappa shape index (κ2) is 8.35. The third-order valence-corrected chi connectivity index (χ3v) is 4.97. The highest BCUT2D eigenvalue weighted by atomic mass is 32.2. The molecule has 2 aromatic heterocycles. The van der Waals surface area contributed by atoms with Crippen LogP contribution in [0.3, 0.4) is 0 Å². The maximum atomic E-state index is 12.7. The molecule has 1 N–H and O–H groups in total. The van der Waals surface area contributed by atoms with Crippen molar-refractivity contribution in [1.82, 2.24) is 19.7 Å². The van der Waals surface area contributed by atoms with E-state index in [9.17, 15) is 4.79 Å². The number of pyridine rings is 1. The average molecular weight is 373 g/mol. The molecule has 0 aliphatic carbocycles. The van der Waals surface area contributed by atoms with Crippen molar-refractivity contribution in [3.63, 3.8) is 0 Å². The van der Waals surface area contributed by atoms with E-state index in [1.807, 2.05) is 26.0 Å². The van der Waals surface area contributed by atoms with E-state index in [-0.39, 0.29) is 5.97 Å². The summed E-state index contributed by atoms with van der Waals surface area (Å²) in [6, 6.07) is 3.38. The minimum absolute atomic E-state index is 0.338. The van der Waals surface area contributed by atoms with Gasteiger partial charge in [-0.2, -0.15) is 4.98 Å². The summed E-state index contributed by atoms with van der Waals surface area (Å²) in [6.07, 6.45) is 5.27. The van der Waals surface area contributed by atoms with Gasteiger partial charge in [0.15, 0.2) is 0 Å². The lowest BCUT2D eigenvalue weighted by Crippen LogP contribution is -2.29.